The van der Waals surface area contributed by atoms with Crippen LogP contribution in [-0.2, 0) is 16.0 Å². The second-order valence-corrected chi connectivity index (χ2v) is 10.1. The van der Waals surface area contributed by atoms with Gasteiger partial charge in [-0.05, 0) is 73.4 Å². The Labute approximate surface area is 195 Å². The number of aryl methyl sites for hydroxylation is 1. The van der Waals surface area contributed by atoms with Crippen molar-refractivity contribution in [2.75, 3.05) is 6.61 Å². The van der Waals surface area contributed by atoms with Crippen LogP contribution in [0, 0.1) is 11.2 Å². The number of nitrogens with one attached hydrogen (secondary N) is 1. The number of amides is 1. The van der Waals surface area contributed by atoms with Crippen LogP contribution in [-0.4, -0.2) is 29.9 Å². The van der Waals surface area contributed by atoms with Crippen molar-refractivity contribution in [3.8, 4) is 11.5 Å². The van der Waals surface area contributed by atoms with Crippen molar-refractivity contribution in [3.05, 3.63) is 57.8 Å². The highest BCUT2D eigenvalue weighted by molar-refractivity contribution is 6.31. The fourth-order valence-corrected chi connectivity index (χ4v) is 5.71. The molecule has 2 aromatic carbocycles. The maximum Gasteiger partial charge on any atom is 0.261 e. The van der Waals surface area contributed by atoms with Crippen LogP contribution < -0.4 is 14.8 Å². The van der Waals surface area contributed by atoms with Gasteiger partial charge in [0.05, 0.1) is 5.02 Å². The molecule has 5 nitrogen and oxygen atoms in total. The Hall–Kier alpha value is -2.31. The van der Waals surface area contributed by atoms with Crippen LogP contribution in [0.2, 0.25) is 10.0 Å². The third kappa shape index (κ3) is 4.06. The Morgan fingerprint density at radius 2 is 1.94 bits per heavy atom. The first kappa shape index (κ1) is 21.5. The normalized spacial score (nSPS) is 27.3. The summed E-state index contributed by atoms with van der Waals surface area (Å²) in [6.07, 6.45) is 3.60. The topological polar surface area (TPSA) is 64.6 Å². The largest absolute Gasteiger partial charge is 0.486 e. The third-order valence-corrected chi connectivity index (χ3v) is 7.19. The van der Waals surface area contributed by atoms with Gasteiger partial charge in [0.1, 0.15) is 23.9 Å². The number of Topliss-reactive ketones (excluding diaryl/α,β-unsaturated/α-hetero) is 1. The summed E-state index contributed by atoms with van der Waals surface area (Å²) in [4.78, 5) is 25.1. The molecule has 168 valence electrons. The second kappa shape index (κ2) is 7.92. The minimum Gasteiger partial charge on any atom is -0.486 e. The zero-order chi connectivity index (χ0) is 22.5. The van der Waals surface area contributed by atoms with Crippen LogP contribution in [0.25, 0.3) is 0 Å². The molecule has 2 aromatic rings. The molecule has 2 bridgehead atoms. The number of fused-ring (bicyclic) bond motifs is 1. The van der Waals surface area contributed by atoms with Gasteiger partial charge in [-0.15, -0.1) is 0 Å². The molecule has 0 spiro atoms. The lowest BCUT2D eigenvalue weighted by molar-refractivity contribution is -0.175. The van der Waals surface area contributed by atoms with Gasteiger partial charge in [0.15, 0.2) is 11.9 Å². The Bertz CT molecular complexity index is 1090. The van der Waals surface area contributed by atoms with Gasteiger partial charge in [-0.25, -0.2) is 4.39 Å². The van der Waals surface area contributed by atoms with E-state index in [1.807, 2.05) is 6.07 Å². The molecule has 3 saturated carbocycles. The summed E-state index contributed by atoms with van der Waals surface area (Å²) in [6, 6.07) is 9.54. The minimum absolute atomic E-state index is 0.0112. The van der Waals surface area contributed by atoms with Crippen LogP contribution in [0.1, 0.15) is 37.7 Å². The molecule has 1 amide bonds. The van der Waals surface area contributed by atoms with E-state index < -0.39 is 11.9 Å². The number of carbonyl (C=O) groups excluding carboxylic acids is 2. The van der Waals surface area contributed by atoms with Gasteiger partial charge < -0.3 is 14.8 Å². The third-order valence-electron chi connectivity index (χ3n) is 6.65. The molecule has 1 unspecified atom stereocenters. The van der Waals surface area contributed by atoms with E-state index in [0.717, 1.165) is 31.2 Å². The second-order valence-electron chi connectivity index (χ2n) is 9.28. The average molecular weight is 478 g/mol. The van der Waals surface area contributed by atoms with Gasteiger partial charge in [0.25, 0.3) is 5.91 Å². The van der Waals surface area contributed by atoms with Crippen molar-refractivity contribution in [3.63, 3.8) is 0 Å². The molecule has 0 radical (unpaired) electrons. The Kier molecular flexibility index (Phi) is 5.33. The van der Waals surface area contributed by atoms with Crippen LogP contribution >= 0.6 is 23.2 Å². The molecule has 1 aliphatic heterocycles. The summed E-state index contributed by atoms with van der Waals surface area (Å²) in [6.45, 7) is -0.110. The van der Waals surface area contributed by atoms with E-state index in [1.165, 1.54) is 18.2 Å². The Morgan fingerprint density at radius 1 is 1.16 bits per heavy atom. The summed E-state index contributed by atoms with van der Waals surface area (Å²) >= 11 is 11.7. The van der Waals surface area contributed by atoms with Crippen LogP contribution in [0.15, 0.2) is 36.4 Å². The highest BCUT2D eigenvalue weighted by Gasteiger charge is 2.68. The number of ether oxygens (including phenoxy) is 2. The lowest BCUT2D eigenvalue weighted by atomic mass is 9.38. The van der Waals surface area contributed by atoms with Crippen molar-refractivity contribution in [2.24, 2.45) is 5.41 Å². The van der Waals surface area contributed by atoms with Gasteiger partial charge in [-0.1, -0.05) is 23.2 Å². The fourth-order valence-electron chi connectivity index (χ4n) is 5.40. The van der Waals surface area contributed by atoms with Crippen LogP contribution in [0.5, 0.6) is 11.5 Å². The molecule has 32 heavy (non-hydrogen) atoms. The van der Waals surface area contributed by atoms with Gasteiger partial charge >= 0.3 is 0 Å². The monoisotopic (exact) mass is 477 g/mol. The number of ketones is 1. The number of hydrogen-bond donors (Lipinski definition) is 1. The molecule has 3 aliphatic carbocycles. The number of rotatable bonds is 7. The number of halogens is 3. The molecular weight excluding hydrogens is 456 g/mol. The van der Waals surface area contributed by atoms with E-state index in [2.05, 4.69) is 5.32 Å². The molecular formula is C24H22Cl2FNO4. The van der Waals surface area contributed by atoms with Crippen molar-refractivity contribution < 1.29 is 23.5 Å². The van der Waals surface area contributed by atoms with Gasteiger partial charge in [-0.3, -0.25) is 9.59 Å². The number of hydrogen-bond acceptors (Lipinski definition) is 4. The number of carbonyl (C=O) groups is 2. The predicted octanol–water partition coefficient (Wildman–Crippen LogP) is 4.90. The highest BCUT2D eigenvalue weighted by Crippen LogP contribution is 2.69. The van der Waals surface area contributed by atoms with Gasteiger partial charge in [0.2, 0.25) is 0 Å². The zero-order valence-corrected chi connectivity index (χ0v) is 18.8. The summed E-state index contributed by atoms with van der Waals surface area (Å²) in [5, 5.41) is 3.82. The van der Waals surface area contributed by atoms with E-state index in [4.69, 9.17) is 32.7 Å². The molecule has 1 atom stereocenters. The van der Waals surface area contributed by atoms with E-state index in [1.54, 1.807) is 12.1 Å². The van der Waals surface area contributed by atoms with Crippen LogP contribution in [0.3, 0.4) is 0 Å². The van der Waals surface area contributed by atoms with Crippen molar-refractivity contribution in [2.45, 2.75) is 50.2 Å². The molecule has 6 rings (SSSR count). The van der Waals surface area contributed by atoms with E-state index >= 15 is 0 Å². The van der Waals surface area contributed by atoms with E-state index in [0.29, 0.717) is 23.6 Å². The Balaban J connectivity index is 1.08. The lowest BCUT2D eigenvalue weighted by Gasteiger charge is -2.70. The summed E-state index contributed by atoms with van der Waals surface area (Å²) < 4.78 is 24.8. The fraction of sp³-hybridized carbons (Fsp3) is 0.417. The summed E-state index contributed by atoms with van der Waals surface area (Å²) in [7, 11) is 0. The highest BCUT2D eigenvalue weighted by atomic mass is 35.5. The molecule has 4 aliphatic rings. The van der Waals surface area contributed by atoms with Gasteiger partial charge in [0, 0.05) is 23.0 Å². The SMILES string of the molecule is O=C(COc1ccc(Cl)c(F)c1)CC12CC(NC(=O)C3CCc4cc(Cl)ccc4O3)(C1)C2. The molecule has 0 aromatic heterocycles. The lowest BCUT2D eigenvalue weighted by Crippen LogP contribution is -2.75. The quantitative estimate of drug-likeness (QED) is 0.615. The maximum absolute atomic E-state index is 13.5. The standard InChI is InChI=1S/C24H22Cl2FNO4/c25-15-2-6-20-14(7-15)1-5-21(32-20)22(30)28-24-11-23(12-24,13-24)9-16(29)10-31-17-3-4-18(26)19(27)8-17/h2-4,6-8,21H,1,5,9-13H2,(H,28,30). The molecule has 0 saturated heterocycles. The van der Waals surface area contributed by atoms with Crippen molar-refractivity contribution in [1.29, 1.82) is 0 Å². The van der Waals surface area contributed by atoms with Gasteiger partial charge in [-0.2, -0.15) is 0 Å². The summed E-state index contributed by atoms with van der Waals surface area (Å²) in [5.41, 5.74) is 0.741. The Morgan fingerprint density at radius 3 is 2.69 bits per heavy atom. The van der Waals surface area contributed by atoms with E-state index in [9.17, 15) is 14.0 Å². The first-order valence-corrected chi connectivity index (χ1v) is 11.4. The van der Waals surface area contributed by atoms with Crippen molar-refractivity contribution >= 4 is 34.9 Å². The van der Waals surface area contributed by atoms with Crippen LogP contribution in [0.4, 0.5) is 4.39 Å². The molecule has 8 heteroatoms. The zero-order valence-electron chi connectivity index (χ0n) is 17.3. The maximum atomic E-state index is 13.5. The molecule has 1 heterocycles. The first-order chi connectivity index (χ1) is 15.2. The first-order valence-electron chi connectivity index (χ1n) is 10.6. The minimum atomic E-state index is -0.581. The predicted molar refractivity (Wildman–Crippen MR) is 118 cm³/mol. The molecule has 1 N–H and O–H groups in total. The van der Waals surface area contributed by atoms with E-state index in [-0.39, 0.29) is 40.0 Å². The van der Waals surface area contributed by atoms with Crippen molar-refractivity contribution in [1.82, 2.24) is 5.32 Å². The smallest absolute Gasteiger partial charge is 0.261 e. The number of benzene rings is 2. The summed E-state index contributed by atoms with van der Waals surface area (Å²) in [5.74, 6) is 0.270. The average Bonchev–Trinajstić information content (AvgIpc) is 2.71. The molecule has 3 fully saturated rings.